The molecule has 2 aliphatic heterocycles. The first-order valence-electron chi connectivity index (χ1n) is 9.44. The average Bonchev–Trinajstić information content (AvgIpc) is 3.01. The summed E-state index contributed by atoms with van der Waals surface area (Å²) in [5, 5.41) is 10.6. The molecule has 0 aromatic heterocycles. The molecule has 2 fully saturated rings. The van der Waals surface area contributed by atoms with Crippen LogP contribution in [0.15, 0.2) is 24.3 Å². The van der Waals surface area contributed by atoms with Crippen LogP contribution in [-0.2, 0) is 9.84 Å². The Labute approximate surface area is 166 Å². The summed E-state index contributed by atoms with van der Waals surface area (Å²) < 4.78 is 23.3. The van der Waals surface area contributed by atoms with Crippen molar-refractivity contribution in [1.82, 2.24) is 9.80 Å². The number of hydrogen-bond acceptors (Lipinski definition) is 5. The molecule has 1 N–H and O–H groups in total. The van der Waals surface area contributed by atoms with E-state index in [9.17, 15) is 18.3 Å². The smallest absolute Gasteiger partial charge is 0.254 e. The van der Waals surface area contributed by atoms with E-state index in [0.717, 1.165) is 6.42 Å². The van der Waals surface area contributed by atoms with E-state index in [1.165, 1.54) is 0 Å². The fourth-order valence-electron chi connectivity index (χ4n) is 4.23. The van der Waals surface area contributed by atoms with Crippen molar-refractivity contribution >= 4 is 27.3 Å². The zero-order valence-corrected chi connectivity index (χ0v) is 17.1. The number of nitrogens with zero attached hydrogens (tertiary/aromatic N) is 2. The number of likely N-dealkylation sites (tertiary alicyclic amines) is 1. The van der Waals surface area contributed by atoms with E-state index < -0.39 is 9.84 Å². The summed E-state index contributed by atoms with van der Waals surface area (Å²) in [7, 11) is -2.92. The fourth-order valence-corrected chi connectivity index (χ4v) is 5.63. The van der Waals surface area contributed by atoms with Gasteiger partial charge in [-0.2, -0.15) is 0 Å². The molecule has 1 aromatic rings. The Morgan fingerprint density at radius 3 is 2.41 bits per heavy atom. The molecule has 2 aliphatic rings. The molecule has 1 aromatic carbocycles. The number of amides is 1. The molecule has 0 bridgehead atoms. The van der Waals surface area contributed by atoms with Crippen molar-refractivity contribution in [2.45, 2.75) is 19.4 Å². The first-order chi connectivity index (χ1) is 12.8. The highest BCUT2D eigenvalue weighted by molar-refractivity contribution is 7.91. The van der Waals surface area contributed by atoms with Gasteiger partial charge in [0.25, 0.3) is 5.91 Å². The molecule has 6 nitrogen and oxygen atoms in total. The molecule has 0 radical (unpaired) electrons. The summed E-state index contributed by atoms with van der Waals surface area (Å²) in [6.07, 6.45) is 0.914. The third-order valence-electron chi connectivity index (χ3n) is 5.90. The number of benzene rings is 1. The first-order valence-corrected chi connectivity index (χ1v) is 11.6. The van der Waals surface area contributed by atoms with Gasteiger partial charge in [-0.05, 0) is 36.1 Å². The Morgan fingerprint density at radius 2 is 1.85 bits per heavy atom. The van der Waals surface area contributed by atoms with Gasteiger partial charge in [0.15, 0.2) is 9.84 Å². The summed E-state index contributed by atoms with van der Waals surface area (Å²) in [4.78, 5) is 16.9. The van der Waals surface area contributed by atoms with Crippen LogP contribution in [0.1, 0.15) is 23.7 Å². The van der Waals surface area contributed by atoms with E-state index in [2.05, 4.69) is 11.8 Å². The number of sulfone groups is 1. The van der Waals surface area contributed by atoms with E-state index in [-0.39, 0.29) is 41.9 Å². The SMILES string of the molecule is CC[C@@H]1CN(C(=O)c2ccc(Cl)cc2)[C@H](CO)[C@@H]1CN1CCS(=O)(=O)CC1. The quantitative estimate of drug-likeness (QED) is 0.790. The Bertz CT molecular complexity index is 754. The lowest BCUT2D eigenvalue weighted by Gasteiger charge is -2.33. The molecule has 8 heteroatoms. The van der Waals surface area contributed by atoms with E-state index in [1.807, 2.05) is 0 Å². The number of aliphatic hydroxyl groups is 1. The Hall–Kier alpha value is -1.15. The van der Waals surface area contributed by atoms with E-state index in [1.54, 1.807) is 29.2 Å². The maximum Gasteiger partial charge on any atom is 0.254 e. The second kappa shape index (κ2) is 8.47. The molecule has 1 amide bonds. The van der Waals surface area contributed by atoms with Gasteiger partial charge < -0.3 is 14.9 Å². The Morgan fingerprint density at radius 1 is 1.22 bits per heavy atom. The molecular weight excluding hydrogens is 388 g/mol. The van der Waals surface area contributed by atoms with Crippen molar-refractivity contribution in [3.8, 4) is 0 Å². The fraction of sp³-hybridized carbons (Fsp3) is 0.632. The number of carbonyl (C=O) groups excluding carboxylic acids is 1. The molecule has 3 atom stereocenters. The first kappa shape index (κ1) is 20.6. The van der Waals surface area contributed by atoms with Crippen molar-refractivity contribution < 1.29 is 18.3 Å². The predicted molar refractivity (Wildman–Crippen MR) is 106 cm³/mol. The minimum absolute atomic E-state index is 0.0899. The van der Waals surface area contributed by atoms with Gasteiger partial charge in [-0.1, -0.05) is 24.9 Å². The van der Waals surface area contributed by atoms with Gasteiger partial charge in [-0.25, -0.2) is 8.42 Å². The molecule has 0 saturated carbocycles. The van der Waals surface area contributed by atoms with Gasteiger partial charge in [-0.15, -0.1) is 0 Å². The van der Waals surface area contributed by atoms with Crippen LogP contribution >= 0.6 is 11.6 Å². The van der Waals surface area contributed by atoms with Gasteiger partial charge in [0, 0.05) is 36.8 Å². The van der Waals surface area contributed by atoms with Crippen LogP contribution in [0.25, 0.3) is 0 Å². The molecule has 2 saturated heterocycles. The summed E-state index contributed by atoms with van der Waals surface area (Å²) in [6, 6.07) is 6.56. The number of carbonyl (C=O) groups is 1. The molecule has 0 unspecified atom stereocenters. The van der Waals surface area contributed by atoms with Crippen molar-refractivity contribution in [3.05, 3.63) is 34.9 Å². The van der Waals surface area contributed by atoms with Gasteiger partial charge in [-0.3, -0.25) is 4.79 Å². The lowest BCUT2D eigenvalue weighted by atomic mass is 9.88. The number of hydrogen-bond donors (Lipinski definition) is 1. The lowest BCUT2D eigenvalue weighted by molar-refractivity contribution is 0.0619. The molecular formula is C19H27ClN2O4S. The second-order valence-electron chi connectivity index (χ2n) is 7.50. The summed E-state index contributed by atoms with van der Waals surface area (Å²) in [6.45, 7) is 4.39. The maximum atomic E-state index is 13.0. The van der Waals surface area contributed by atoms with Crippen molar-refractivity contribution in [1.29, 1.82) is 0 Å². The summed E-state index contributed by atoms with van der Waals surface area (Å²) in [5.74, 6) is 0.712. The van der Waals surface area contributed by atoms with Gasteiger partial charge in [0.1, 0.15) is 0 Å². The zero-order chi connectivity index (χ0) is 19.6. The summed E-state index contributed by atoms with van der Waals surface area (Å²) in [5.41, 5.74) is 0.567. The van der Waals surface area contributed by atoms with Crippen LogP contribution in [0.4, 0.5) is 0 Å². The third kappa shape index (κ3) is 4.65. The van der Waals surface area contributed by atoms with Crippen molar-refractivity contribution in [3.63, 3.8) is 0 Å². The zero-order valence-electron chi connectivity index (χ0n) is 15.6. The minimum atomic E-state index is -2.92. The van der Waals surface area contributed by atoms with Crippen LogP contribution in [0.5, 0.6) is 0 Å². The van der Waals surface area contributed by atoms with E-state index in [0.29, 0.717) is 36.8 Å². The minimum Gasteiger partial charge on any atom is -0.394 e. The molecule has 0 spiro atoms. The topological polar surface area (TPSA) is 77.9 Å². The highest BCUT2D eigenvalue weighted by atomic mass is 35.5. The lowest BCUT2D eigenvalue weighted by Crippen LogP contribution is -2.47. The number of halogens is 1. The van der Waals surface area contributed by atoms with Crippen molar-refractivity contribution in [2.75, 3.05) is 44.3 Å². The number of aliphatic hydroxyl groups excluding tert-OH is 1. The van der Waals surface area contributed by atoms with Crippen LogP contribution in [-0.4, -0.2) is 79.6 Å². The normalized spacial score (nSPS) is 28.4. The molecule has 3 rings (SSSR count). The Kier molecular flexibility index (Phi) is 6.46. The highest BCUT2D eigenvalue weighted by Gasteiger charge is 2.43. The molecule has 27 heavy (non-hydrogen) atoms. The average molecular weight is 415 g/mol. The molecule has 2 heterocycles. The van der Waals surface area contributed by atoms with Gasteiger partial charge in [0.05, 0.1) is 24.2 Å². The largest absolute Gasteiger partial charge is 0.394 e. The van der Waals surface area contributed by atoms with Gasteiger partial charge in [0.2, 0.25) is 0 Å². The van der Waals surface area contributed by atoms with Crippen LogP contribution in [0.3, 0.4) is 0 Å². The van der Waals surface area contributed by atoms with Crippen LogP contribution in [0, 0.1) is 11.8 Å². The number of rotatable bonds is 5. The summed E-state index contributed by atoms with van der Waals surface area (Å²) >= 11 is 5.92. The van der Waals surface area contributed by atoms with Crippen LogP contribution < -0.4 is 0 Å². The Balaban J connectivity index is 1.74. The molecule has 150 valence electrons. The van der Waals surface area contributed by atoms with Crippen molar-refractivity contribution in [2.24, 2.45) is 11.8 Å². The predicted octanol–water partition coefficient (Wildman–Crippen LogP) is 1.53. The maximum absolute atomic E-state index is 13.0. The monoisotopic (exact) mass is 414 g/mol. The third-order valence-corrected chi connectivity index (χ3v) is 7.76. The van der Waals surface area contributed by atoms with Gasteiger partial charge >= 0.3 is 0 Å². The van der Waals surface area contributed by atoms with E-state index >= 15 is 0 Å². The highest BCUT2D eigenvalue weighted by Crippen LogP contribution is 2.34. The second-order valence-corrected chi connectivity index (χ2v) is 10.2. The van der Waals surface area contributed by atoms with E-state index in [4.69, 9.17) is 11.6 Å². The standard InChI is InChI=1S/C19H27ClN2O4S/c1-2-14-11-22(19(24)15-3-5-16(20)6-4-15)18(13-23)17(14)12-21-7-9-27(25,26)10-8-21/h3-6,14,17-18,23H,2,7-13H2,1H3/t14-,17-,18-/m1/s1. The molecule has 0 aliphatic carbocycles. The van der Waals surface area contributed by atoms with Crippen LogP contribution in [0.2, 0.25) is 5.02 Å².